The zero-order valence-corrected chi connectivity index (χ0v) is 9.79. The van der Waals surface area contributed by atoms with Crippen LogP contribution in [0.3, 0.4) is 0 Å². The summed E-state index contributed by atoms with van der Waals surface area (Å²) in [5.74, 6) is -0.174. The number of carbonyl (C=O) groups is 1. The lowest BCUT2D eigenvalue weighted by molar-refractivity contribution is -0.119. The molecule has 0 rings (SSSR count). The summed E-state index contributed by atoms with van der Waals surface area (Å²) in [7, 11) is 0. The molecule has 0 atom stereocenters. The molecule has 4 heteroatoms. The van der Waals surface area contributed by atoms with Crippen molar-refractivity contribution in [2.75, 3.05) is 19.8 Å². The molecule has 0 aromatic rings. The number of allylic oxidation sites excluding steroid dienone is 5. The van der Waals surface area contributed by atoms with Crippen LogP contribution in [-0.2, 0) is 4.79 Å². The lowest BCUT2D eigenvalue weighted by atomic mass is 10.3. The second kappa shape index (κ2) is 10.1. The molecule has 0 radical (unpaired) electrons. The number of amides is 1. The molecule has 2 N–H and O–H groups in total. The smallest absolute Gasteiger partial charge is 0.238 e. The third-order valence-electron chi connectivity index (χ3n) is 1.73. The summed E-state index contributed by atoms with van der Waals surface area (Å²) in [5, 5.41) is 5.38. The van der Waals surface area contributed by atoms with Crippen LogP contribution in [0.5, 0.6) is 0 Å². The lowest BCUT2D eigenvalue weighted by Crippen LogP contribution is -2.33. The Bertz CT molecular complexity index is 283. The number of rotatable bonds is 7. The maximum absolute atomic E-state index is 11.8. The van der Waals surface area contributed by atoms with Crippen molar-refractivity contribution in [2.45, 2.75) is 13.8 Å². The van der Waals surface area contributed by atoms with Gasteiger partial charge in [0.15, 0.2) is 0 Å². The Morgan fingerprint density at radius 2 is 2.06 bits per heavy atom. The van der Waals surface area contributed by atoms with E-state index in [1.54, 1.807) is 12.2 Å². The van der Waals surface area contributed by atoms with Gasteiger partial charge in [-0.3, -0.25) is 4.79 Å². The average Bonchev–Trinajstić information content (AvgIpc) is 2.28. The fourth-order valence-corrected chi connectivity index (χ4v) is 0.954. The molecule has 0 saturated carbocycles. The molecule has 90 valence electrons. The van der Waals surface area contributed by atoms with Crippen LogP contribution in [0.4, 0.5) is 4.39 Å². The van der Waals surface area contributed by atoms with Gasteiger partial charge in [-0.2, -0.15) is 0 Å². The van der Waals surface area contributed by atoms with Gasteiger partial charge in [-0.05, 0) is 19.9 Å². The largest absolute Gasteiger partial charge is 0.325 e. The van der Waals surface area contributed by atoms with Crippen LogP contribution < -0.4 is 10.6 Å². The molecule has 0 aliphatic rings. The average molecular weight is 226 g/mol. The second-order valence-electron chi connectivity index (χ2n) is 3.04. The van der Waals surface area contributed by atoms with Gasteiger partial charge in [0.05, 0.1) is 6.54 Å². The predicted octanol–water partition coefficient (Wildman–Crippen LogP) is 1.70. The van der Waals surface area contributed by atoms with E-state index < -0.39 is 6.67 Å². The van der Waals surface area contributed by atoms with Crippen LogP contribution in [0.1, 0.15) is 13.8 Å². The number of hydrogen-bond donors (Lipinski definition) is 2. The van der Waals surface area contributed by atoms with Crippen molar-refractivity contribution in [3.63, 3.8) is 0 Å². The Balaban J connectivity index is 3.98. The van der Waals surface area contributed by atoms with Gasteiger partial charge in [-0.25, -0.2) is 4.39 Å². The third kappa shape index (κ3) is 7.94. The molecule has 0 saturated heterocycles. The number of carbonyl (C=O) groups excluding carboxylic acids is 1. The molecule has 16 heavy (non-hydrogen) atoms. The molecule has 3 nitrogen and oxygen atoms in total. The molecule has 0 unspecified atom stereocenters. The first-order valence-electron chi connectivity index (χ1n) is 5.26. The van der Waals surface area contributed by atoms with Crippen molar-refractivity contribution in [1.82, 2.24) is 10.6 Å². The molecule has 0 aromatic carbocycles. The Morgan fingerprint density at radius 3 is 2.62 bits per heavy atom. The first kappa shape index (κ1) is 14.6. The van der Waals surface area contributed by atoms with Gasteiger partial charge in [0.2, 0.25) is 5.91 Å². The minimum Gasteiger partial charge on any atom is -0.325 e. The summed E-state index contributed by atoms with van der Waals surface area (Å²) >= 11 is 0. The Hall–Kier alpha value is -1.42. The summed E-state index contributed by atoms with van der Waals surface area (Å²) < 4.78 is 11.8. The van der Waals surface area contributed by atoms with Crippen molar-refractivity contribution in [3.8, 4) is 0 Å². The Morgan fingerprint density at radius 1 is 1.31 bits per heavy atom. The standard InChI is InChI=1S/C12H19FN2O/c1-3-5-6-7-11(4-2)15-12(16)10-14-9-8-13/h3-7,14H,8-10H2,1-2H3,(H,15,16)/b5-3-,7-6-,11-4+. The SMILES string of the molecule is C\C=C/C=C\C(=C/C)NC(=O)CNCCF. The molecular formula is C12H19FN2O. The monoisotopic (exact) mass is 226 g/mol. The van der Waals surface area contributed by atoms with E-state index in [1.165, 1.54) is 0 Å². The van der Waals surface area contributed by atoms with E-state index >= 15 is 0 Å². The van der Waals surface area contributed by atoms with Crippen molar-refractivity contribution in [2.24, 2.45) is 0 Å². The van der Waals surface area contributed by atoms with Gasteiger partial charge in [0.25, 0.3) is 0 Å². The molecule has 0 aliphatic heterocycles. The molecule has 0 aromatic heterocycles. The van der Waals surface area contributed by atoms with Crippen LogP contribution in [0.25, 0.3) is 0 Å². The van der Waals surface area contributed by atoms with Gasteiger partial charge in [-0.1, -0.05) is 24.3 Å². The third-order valence-corrected chi connectivity index (χ3v) is 1.73. The van der Waals surface area contributed by atoms with E-state index in [9.17, 15) is 9.18 Å². The van der Waals surface area contributed by atoms with Crippen LogP contribution in [-0.4, -0.2) is 25.7 Å². The molecule has 0 aliphatic carbocycles. The first-order chi connectivity index (χ1) is 7.74. The van der Waals surface area contributed by atoms with E-state index in [0.29, 0.717) is 0 Å². The van der Waals surface area contributed by atoms with E-state index in [4.69, 9.17) is 0 Å². The number of alkyl halides is 1. The van der Waals surface area contributed by atoms with Crippen molar-refractivity contribution in [1.29, 1.82) is 0 Å². The lowest BCUT2D eigenvalue weighted by Gasteiger charge is -2.05. The maximum Gasteiger partial charge on any atom is 0.238 e. The van der Waals surface area contributed by atoms with Crippen molar-refractivity contribution < 1.29 is 9.18 Å². The van der Waals surface area contributed by atoms with E-state index in [0.717, 1.165) is 5.70 Å². The number of nitrogens with one attached hydrogen (secondary N) is 2. The zero-order valence-electron chi connectivity index (χ0n) is 9.79. The highest BCUT2D eigenvalue weighted by atomic mass is 19.1. The van der Waals surface area contributed by atoms with E-state index in [-0.39, 0.29) is 19.0 Å². The summed E-state index contributed by atoms with van der Waals surface area (Å²) in [6.07, 6.45) is 9.20. The van der Waals surface area contributed by atoms with Gasteiger partial charge in [0.1, 0.15) is 6.67 Å². The normalized spacial score (nSPS) is 12.6. The summed E-state index contributed by atoms with van der Waals surface area (Å²) in [4.78, 5) is 11.3. The summed E-state index contributed by atoms with van der Waals surface area (Å²) in [5.41, 5.74) is 0.727. The molecule has 0 spiro atoms. The highest BCUT2D eigenvalue weighted by Gasteiger charge is 2.00. The molecule has 0 fully saturated rings. The Labute approximate surface area is 96.1 Å². The second-order valence-corrected chi connectivity index (χ2v) is 3.04. The highest BCUT2D eigenvalue weighted by Crippen LogP contribution is 1.92. The van der Waals surface area contributed by atoms with Crippen LogP contribution >= 0.6 is 0 Å². The fraction of sp³-hybridized carbons (Fsp3) is 0.417. The van der Waals surface area contributed by atoms with Crippen molar-refractivity contribution >= 4 is 5.91 Å². The molecule has 1 amide bonds. The number of halogens is 1. The predicted molar refractivity (Wildman–Crippen MR) is 64.7 cm³/mol. The molecule has 0 bridgehead atoms. The summed E-state index contributed by atoms with van der Waals surface area (Å²) in [6, 6.07) is 0. The maximum atomic E-state index is 11.8. The van der Waals surface area contributed by atoms with Gasteiger partial charge in [0, 0.05) is 12.2 Å². The zero-order chi connectivity index (χ0) is 12.2. The Kier molecular flexibility index (Phi) is 9.21. The minimum absolute atomic E-state index is 0.124. The quantitative estimate of drug-likeness (QED) is 0.512. The number of hydrogen-bond acceptors (Lipinski definition) is 2. The van der Waals surface area contributed by atoms with E-state index in [1.807, 2.05) is 32.1 Å². The topological polar surface area (TPSA) is 41.1 Å². The van der Waals surface area contributed by atoms with E-state index in [2.05, 4.69) is 10.6 Å². The molecule has 0 heterocycles. The minimum atomic E-state index is -0.467. The van der Waals surface area contributed by atoms with Gasteiger partial charge < -0.3 is 10.6 Å². The van der Waals surface area contributed by atoms with Gasteiger partial charge >= 0.3 is 0 Å². The van der Waals surface area contributed by atoms with Gasteiger partial charge in [-0.15, -0.1) is 0 Å². The fourth-order valence-electron chi connectivity index (χ4n) is 0.954. The van der Waals surface area contributed by atoms with Crippen LogP contribution in [0.15, 0.2) is 36.1 Å². The summed E-state index contributed by atoms with van der Waals surface area (Å²) in [6.45, 7) is 3.61. The highest BCUT2D eigenvalue weighted by molar-refractivity contribution is 5.80. The van der Waals surface area contributed by atoms with Crippen LogP contribution in [0.2, 0.25) is 0 Å². The van der Waals surface area contributed by atoms with Crippen molar-refractivity contribution in [3.05, 3.63) is 36.1 Å². The first-order valence-corrected chi connectivity index (χ1v) is 5.26. The van der Waals surface area contributed by atoms with Crippen LogP contribution in [0, 0.1) is 0 Å². The molecular weight excluding hydrogens is 207 g/mol.